The molecular weight excluding hydrogens is 686 g/mol. The van der Waals surface area contributed by atoms with Gasteiger partial charge in [-0.25, -0.2) is 4.39 Å². The number of methoxy groups -OCH3 is 1. The Hall–Kier alpha value is -2.82. The van der Waals surface area contributed by atoms with E-state index >= 15 is 0 Å². The van der Waals surface area contributed by atoms with E-state index in [4.69, 9.17) is 44.9 Å². The summed E-state index contributed by atoms with van der Waals surface area (Å²) in [6, 6.07) is 16.2. The van der Waals surface area contributed by atoms with Crippen LogP contribution in [0.1, 0.15) is 68.3 Å². The van der Waals surface area contributed by atoms with Gasteiger partial charge in [-0.3, -0.25) is 9.59 Å². The van der Waals surface area contributed by atoms with Crippen molar-refractivity contribution in [1.82, 2.24) is 4.90 Å². The van der Waals surface area contributed by atoms with Crippen molar-refractivity contribution < 1.29 is 23.5 Å². The molecule has 0 aromatic heterocycles. The van der Waals surface area contributed by atoms with Gasteiger partial charge in [-0.2, -0.15) is 0 Å². The summed E-state index contributed by atoms with van der Waals surface area (Å²) in [4.78, 5) is 29.9. The topological polar surface area (TPSA) is 67.9 Å². The lowest BCUT2D eigenvalue weighted by Gasteiger charge is -2.53. The highest BCUT2D eigenvalue weighted by Crippen LogP contribution is 2.60. The molecule has 258 valence electrons. The molecule has 1 fully saturated rings. The third-order valence-corrected chi connectivity index (χ3v) is 12.7. The van der Waals surface area contributed by atoms with E-state index in [9.17, 15) is 14.0 Å². The van der Waals surface area contributed by atoms with Crippen LogP contribution >= 0.6 is 35.4 Å². The maximum Gasteiger partial charge on any atom is 0.326 e. The number of esters is 1. The Bertz CT molecular complexity index is 1710. The van der Waals surface area contributed by atoms with E-state index in [1.807, 2.05) is 31.2 Å². The summed E-state index contributed by atoms with van der Waals surface area (Å²) in [5.74, 6) is -1.73. The third-order valence-electron chi connectivity index (χ3n) is 9.12. The van der Waals surface area contributed by atoms with Gasteiger partial charge in [0.25, 0.3) is 0 Å². The van der Waals surface area contributed by atoms with Crippen LogP contribution < -0.4 is 5.32 Å². The number of anilines is 1. The predicted octanol–water partition coefficient (Wildman–Crippen LogP) is 9.43. The minimum atomic E-state index is -1.31. The molecule has 4 atom stereocenters. The number of hydrogen-bond acceptors (Lipinski definition) is 5. The lowest BCUT2D eigenvalue weighted by molar-refractivity contribution is -0.156. The minimum absolute atomic E-state index is 0.211. The van der Waals surface area contributed by atoms with E-state index < -0.39 is 42.8 Å². The van der Waals surface area contributed by atoms with Crippen LogP contribution in [0.3, 0.4) is 0 Å². The summed E-state index contributed by atoms with van der Waals surface area (Å²) in [6.45, 7) is 16.1. The second-order valence-corrected chi connectivity index (χ2v) is 21.5. The molecule has 5 rings (SSSR count). The minimum Gasteiger partial charge on any atom is -0.459 e. The van der Waals surface area contributed by atoms with Gasteiger partial charge in [-0.1, -0.05) is 79.3 Å². The van der Waals surface area contributed by atoms with Crippen LogP contribution in [-0.2, 0) is 24.5 Å². The number of rotatable bonds is 6. The molecule has 11 heteroatoms. The average molecular weight is 732 g/mol. The first-order valence-corrected chi connectivity index (χ1v) is 20.7. The van der Waals surface area contributed by atoms with Crippen LogP contribution in [0.5, 0.6) is 0 Å². The summed E-state index contributed by atoms with van der Waals surface area (Å²) in [7, 11) is 0.798. The number of nitrogens with zero attached hydrogens (tertiary/aromatic N) is 1. The van der Waals surface area contributed by atoms with Crippen LogP contribution in [-0.4, -0.2) is 54.8 Å². The van der Waals surface area contributed by atoms with Gasteiger partial charge in [0.05, 0.1) is 19.1 Å². The number of amides is 1. The number of benzene rings is 3. The van der Waals surface area contributed by atoms with Gasteiger partial charge in [0.1, 0.15) is 23.4 Å². The van der Waals surface area contributed by atoms with Gasteiger partial charge < -0.3 is 19.7 Å². The zero-order valence-corrected chi connectivity index (χ0v) is 32.4. The number of ether oxygens (including phenoxy) is 2. The molecule has 2 heterocycles. The van der Waals surface area contributed by atoms with Gasteiger partial charge in [-0.05, 0) is 93.3 Å². The molecule has 1 amide bonds. The molecule has 2 aliphatic rings. The maximum atomic E-state index is 14.9. The second-order valence-electron chi connectivity index (χ2n) is 14.6. The first-order valence-electron chi connectivity index (χ1n) is 16.0. The number of nitrogens with one attached hydrogen (secondary N) is 1. The molecule has 0 aliphatic carbocycles. The lowest BCUT2D eigenvalue weighted by atomic mass is 9.58. The van der Waals surface area contributed by atoms with Gasteiger partial charge in [0, 0.05) is 40.9 Å². The van der Waals surface area contributed by atoms with E-state index in [0.717, 1.165) is 11.1 Å². The van der Waals surface area contributed by atoms with Crippen molar-refractivity contribution in [2.24, 2.45) is 0 Å². The molecule has 6 nitrogen and oxygen atoms in total. The highest BCUT2D eigenvalue weighted by atomic mass is 35.5. The molecule has 1 N–H and O–H groups in total. The van der Waals surface area contributed by atoms with E-state index in [2.05, 4.69) is 31.9 Å². The Labute approximate surface area is 300 Å². The monoisotopic (exact) mass is 730 g/mol. The quantitative estimate of drug-likeness (QED) is 0.155. The Morgan fingerprint density at radius 3 is 2.35 bits per heavy atom. The summed E-state index contributed by atoms with van der Waals surface area (Å²) in [6.07, 6.45) is 0.277. The molecule has 3 aromatic rings. The Balaban J connectivity index is 0.000000579. The normalized spacial score (nSPS) is 21.3. The molecule has 48 heavy (non-hydrogen) atoms. The zero-order chi connectivity index (χ0) is 35.8. The van der Waals surface area contributed by atoms with E-state index in [-0.39, 0.29) is 18.9 Å². The smallest absolute Gasteiger partial charge is 0.326 e. The van der Waals surface area contributed by atoms with E-state index in [0.29, 0.717) is 37.6 Å². The molecule has 1 saturated heterocycles. The fraction of sp³-hybridized carbons (Fsp3) is 0.432. The molecule has 0 radical (unpaired) electrons. The molecular formula is C37H45Cl2FN2O4SSi. The van der Waals surface area contributed by atoms with Crippen LogP contribution in [0.15, 0.2) is 60.7 Å². The number of carbonyl (C=O) groups excluding carboxylic acids is 2. The lowest BCUT2D eigenvalue weighted by Crippen LogP contribution is -2.59. The largest absolute Gasteiger partial charge is 0.459 e. The zero-order valence-electron chi connectivity index (χ0n) is 29.0. The van der Waals surface area contributed by atoms with Crippen LogP contribution in [0.25, 0.3) is 0 Å². The number of hydrogen-bond donors (Lipinski definition) is 1. The van der Waals surface area contributed by atoms with Gasteiger partial charge in [0.15, 0.2) is 0 Å². The van der Waals surface area contributed by atoms with Crippen molar-refractivity contribution in [2.45, 2.75) is 89.4 Å². The standard InChI is InChI=1S/C31H29Cl2FN2O3S.C6H16OSi/c1-17-8-10-21(34)14-22(17)28-31(23-11-9-20(33)13-25(23)35-29(31)38)24(18-6-5-7-19(32)12-18)15-26(40)36(28)16-27(37)39-30(2,3)4;1-6(7-2)8(3,4)5/h5-14,24,28H,15-16H2,1-4H3,(H,35,38);6H,1-5H3. The van der Waals surface area contributed by atoms with E-state index in [1.54, 1.807) is 57.0 Å². The molecule has 0 bridgehead atoms. The number of piperidine rings is 1. The summed E-state index contributed by atoms with van der Waals surface area (Å²) >= 11 is 18.7. The summed E-state index contributed by atoms with van der Waals surface area (Å²) in [5.41, 5.74) is 1.82. The van der Waals surface area contributed by atoms with Crippen molar-refractivity contribution in [3.8, 4) is 0 Å². The summed E-state index contributed by atoms with van der Waals surface area (Å²) < 4.78 is 25.8. The number of fused-ring (bicyclic) bond motifs is 2. The first-order chi connectivity index (χ1) is 22.3. The van der Waals surface area contributed by atoms with Gasteiger partial charge in [-0.15, -0.1) is 0 Å². The highest BCUT2D eigenvalue weighted by molar-refractivity contribution is 7.80. The van der Waals surface area contributed by atoms with Crippen molar-refractivity contribution in [3.05, 3.63) is 98.8 Å². The van der Waals surface area contributed by atoms with Crippen molar-refractivity contribution in [1.29, 1.82) is 0 Å². The van der Waals surface area contributed by atoms with Crippen molar-refractivity contribution in [2.75, 3.05) is 19.0 Å². The fourth-order valence-corrected chi connectivity index (χ4v) is 7.86. The Kier molecular flexibility index (Phi) is 11.5. The maximum absolute atomic E-state index is 14.9. The number of carbonyl (C=O) groups is 2. The number of thiocarbonyl (C=S) groups is 1. The predicted molar refractivity (Wildman–Crippen MR) is 199 cm³/mol. The molecule has 2 aliphatic heterocycles. The van der Waals surface area contributed by atoms with Crippen LogP contribution in [0, 0.1) is 12.7 Å². The van der Waals surface area contributed by atoms with Crippen molar-refractivity contribution in [3.63, 3.8) is 0 Å². The average Bonchev–Trinajstić information content (AvgIpc) is 3.25. The molecule has 0 saturated carbocycles. The first kappa shape index (κ1) is 38.0. The number of halogens is 3. The second kappa shape index (κ2) is 14.6. The SMILES string of the molecule is COC(C)[Si](C)(C)C.Cc1ccc(F)cc1C1N(CC(=O)OC(C)(C)C)C(=S)CC(c2cccc(Cl)c2)C12C(=O)Nc1cc(Cl)ccc12. The van der Waals surface area contributed by atoms with Crippen molar-refractivity contribution >= 4 is 66.0 Å². The van der Waals surface area contributed by atoms with Crippen LogP contribution in [0.4, 0.5) is 10.1 Å². The van der Waals surface area contributed by atoms with Crippen LogP contribution in [0.2, 0.25) is 29.7 Å². The Morgan fingerprint density at radius 2 is 1.77 bits per heavy atom. The fourth-order valence-electron chi connectivity index (χ4n) is 6.45. The number of aryl methyl sites for hydroxylation is 1. The van der Waals surface area contributed by atoms with Gasteiger partial charge >= 0.3 is 5.97 Å². The molecule has 1 spiro atoms. The number of likely N-dealkylation sites (tertiary alicyclic amines) is 1. The Morgan fingerprint density at radius 1 is 1.10 bits per heavy atom. The van der Waals surface area contributed by atoms with E-state index in [1.165, 1.54) is 12.1 Å². The van der Waals surface area contributed by atoms with Gasteiger partial charge in [0.2, 0.25) is 5.91 Å². The molecule has 3 aromatic carbocycles. The summed E-state index contributed by atoms with van der Waals surface area (Å²) in [5, 5.41) is 4.02. The highest BCUT2D eigenvalue weighted by Gasteiger charge is 2.63. The third kappa shape index (κ3) is 7.97. The molecule has 4 unspecified atom stereocenters.